The molecule has 0 saturated heterocycles. The van der Waals surface area contributed by atoms with Gasteiger partial charge in [-0.05, 0) is 32.3 Å². The maximum Gasteiger partial charge on any atom is 0.282 e. The van der Waals surface area contributed by atoms with Crippen molar-refractivity contribution in [2.45, 2.75) is 32.7 Å². The van der Waals surface area contributed by atoms with Crippen LogP contribution in [-0.4, -0.2) is 35.1 Å². The molecule has 0 aromatic heterocycles. The molecule has 80 valence electrons. The van der Waals surface area contributed by atoms with E-state index in [1.54, 1.807) is 13.8 Å². The lowest BCUT2D eigenvalue weighted by molar-refractivity contribution is -0.129. The van der Waals surface area contributed by atoms with Crippen LogP contribution in [0.2, 0.25) is 0 Å². The highest BCUT2D eigenvalue weighted by molar-refractivity contribution is 5.92. The van der Waals surface area contributed by atoms with E-state index in [0.29, 0.717) is 5.57 Å². The monoisotopic (exact) mass is 201 g/mol. The lowest BCUT2D eigenvalue weighted by Crippen LogP contribution is -2.36. The van der Waals surface area contributed by atoms with E-state index >= 15 is 0 Å². The largest absolute Gasteiger partial charge is 0.395 e. The molecule has 1 amide bonds. The molecule has 0 spiro atoms. The van der Waals surface area contributed by atoms with Crippen molar-refractivity contribution in [1.29, 1.82) is 0 Å². The Labute approximate surface area is 83.2 Å². The van der Waals surface area contributed by atoms with E-state index in [-0.39, 0.29) is 19.2 Å². The van der Waals surface area contributed by atoms with E-state index in [2.05, 4.69) is 0 Å². The first-order valence-corrected chi connectivity index (χ1v) is 4.82. The molecule has 0 aromatic carbocycles. The van der Waals surface area contributed by atoms with Crippen molar-refractivity contribution in [3.63, 3.8) is 0 Å². The van der Waals surface area contributed by atoms with Gasteiger partial charge >= 0.3 is 0 Å². The molecular formula is C10H16FNO2. The summed E-state index contributed by atoms with van der Waals surface area (Å²) in [5.41, 5.74) is 0.388. The highest BCUT2D eigenvalue weighted by Crippen LogP contribution is 2.28. The molecule has 14 heavy (non-hydrogen) atoms. The van der Waals surface area contributed by atoms with Crippen molar-refractivity contribution in [2.24, 2.45) is 0 Å². The summed E-state index contributed by atoms with van der Waals surface area (Å²) in [6.07, 6.45) is 1.84. The Kier molecular flexibility index (Phi) is 3.63. The van der Waals surface area contributed by atoms with Crippen molar-refractivity contribution in [1.82, 2.24) is 4.90 Å². The summed E-state index contributed by atoms with van der Waals surface area (Å²) in [6.45, 7) is 3.25. The third-order valence-corrected chi connectivity index (χ3v) is 2.22. The third-order valence-electron chi connectivity index (χ3n) is 2.22. The molecule has 3 nitrogen and oxygen atoms in total. The van der Waals surface area contributed by atoms with Gasteiger partial charge in [-0.15, -0.1) is 0 Å². The van der Waals surface area contributed by atoms with Gasteiger partial charge in [-0.3, -0.25) is 4.79 Å². The van der Waals surface area contributed by atoms with Crippen molar-refractivity contribution in [3.8, 4) is 0 Å². The van der Waals surface area contributed by atoms with E-state index in [1.165, 1.54) is 4.90 Å². The molecule has 1 aliphatic rings. The smallest absolute Gasteiger partial charge is 0.282 e. The lowest BCUT2D eigenvalue weighted by atomic mass is 10.2. The first kappa shape index (κ1) is 11.2. The van der Waals surface area contributed by atoms with Gasteiger partial charge in [0.15, 0.2) is 5.83 Å². The zero-order valence-electron chi connectivity index (χ0n) is 8.59. The van der Waals surface area contributed by atoms with Gasteiger partial charge in [0.05, 0.1) is 6.61 Å². The number of aliphatic hydroxyl groups excluding tert-OH is 1. The van der Waals surface area contributed by atoms with Crippen LogP contribution in [0.5, 0.6) is 0 Å². The number of nitrogens with zero attached hydrogens (tertiary/aromatic N) is 1. The Morgan fingerprint density at radius 2 is 2.07 bits per heavy atom. The van der Waals surface area contributed by atoms with E-state index in [1.807, 2.05) is 0 Å². The average Bonchev–Trinajstić information content (AvgIpc) is 2.95. The van der Waals surface area contributed by atoms with Crippen LogP contribution in [0, 0.1) is 0 Å². The van der Waals surface area contributed by atoms with Gasteiger partial charge in [-0.25, -0.2) is 4.39 Å². The van der Waals surface area contributed by atoms with E-state index in [4.69, 9.17) is 5.11 Å². The van der Waals surface area contributed by atoms with Crippen LogP contribution in [0.25, 0.3) is 0 Å². The number of aliphatic hydroxyl groups is 1. The minimum absolute atomic E-state index is 0.113. The molecule has 1 fully saturated rings. The third kappa shape index (κ3) is 2.54. The number of rotatable bonds is 4. The standard InChI is InChI=1S/C10H16FNO2/c1-7(2)9(11)10(14)12(5-6-13)8-3-4-8/h8,13H,3-6H2,1-2H3. The fraction of sp³-hybridized carbons (Fsp3) is 0.700. The number of allylic oxidation sites excluding steroid dienone is 1. The molecule has 1 rings (SSSR count). The number of halogens is 1. The second-order valence-corrected chi connectivity index (χ2v) is 3.77. The Morgan fingerprint density at radius 3 is 2.43 bits per heavy atom. The summed E-state index contributed by atoms with van der Waals surface area (Å²) in [6, 6.07) is 0.139. The van der Waals surface area contributed by atoms with Crippen LogP contribution < -0.4 is 0 Å². The summed E-state index contributed by atoms with van der Waals surface area (Å²) >= 11 is 0. The summed E-state index contributed by atoms with van der Waals surface area (Å²) in [7, 11) is 0. The fourth-order valence-electron chi connectivity index (χ4n) is 1.28. The van der Waals surface area contributed by atoms with Crippen LogP contribution in [0.15, 0.2) is 11.4 Å². The summed E-state index contributed by atoms with van der Waals surface area (Å²) in [4.78, 5) is 13.0. The van der Waals surface area contributed by atoms with Crippen LogP contribution in [-0.2, 0) is 4.79 Å². The minimum Gasteiger partial charge on any atom is -0.395 e. The molecule has 0 aromatic rings. The summed E-state index contributed by atoms with van der Waals surface area (Å²) < 4.78 is 13.3. The Balaban J connectivity index is 2.68. The highest BCUT2D eigenvalue weighted by Gasteiger charge is 2.33. The van der Waals surface area contributed by atoms with Gasteiger partial charge in [0, 0.05) is 12.6 Å². The normalized spacial score (nSPS) is 15.1. The molecule has 0 radical (unpaired) electrons. The summed E-state index contributed by atoms with van der Waals surface area (Å²) in [5.74, 6) is -1.27. The van der Waals surface area contributed by atoms with Crippen LogP contribution in [0.1, 0.15) is 26.7 Å². The number of hydrogen-bond acceptors (Lipinski definition) is 2. The molecule has 1 aliphatic carbocycles. The number of carbonyl (C=O) groups excluding carboxylic acids is 1. The summed E-state index contributed by atoms with van der Waals surface area (Å²) in [5, 5.41) is 8.75. The highest BCUT2D eigenvalue weighted by atomic mass is 19.1. The van der Waals surface area contributed by atoms with Crippen molar-refractivity contribution in [2.75, 3.05) is 13.2 Å². The van der Waals surface area contributed by atoms with Crippen LogP contribution in [0.3, 0.4) is 0 Å². The SMILES string of the molecule is CC(C)=C(F)C(=O)N(CCO)C1CC1. The van der Waals surface area contributed by atoms with Crippen molar-refractivity contribution >= 4 is 5.91 Å². The second kappa shape index (κ2) is 4.55. The predicted octanol–water partition coefficient (Wildman–Crippen LogP) is 1.23. The van der Waals surface area contributed by atoms with Gasteiger partial charge in [0.1, 0.15) is 0 Å². The topological polar surface area (TPSA) is 40.5 Å². The van der Waals surface area contributed by atoms with Gasteiger partial charge in [0.2, 0.25) is 0 Å². The van der Waals surface area contributed by atoms with Crippen molar-refractivity contribution in [3.05, 3.63) is 11.4 Å². The van der Waals surface area contributed by atoms with E-state index in [0.717, 1.165) is 12.8 Å². The molecule has 1 N–H and O–H groups in total. The molecule has 0 atom stereocenters. The Morgan fingerprint density at radius 1 is 1.50 bits per heavy atom. The van der Waals surface area contributed by atoms with Crippen LogP contribution >= 0.6 is 0 Å². The van der Waals surface area contributed by atoms with Gasteiger partial charge in [-0.1, -0.05) is 0 Å². The first-order valence-electron chi connectivity index (χ1n) is 4.82. The van der Waals surface area contributed by atoms with Crippen LogP contribution in [0.4, 0.5) is 4.39 Å². The number of hydrogen-bond donors (Lipinski definition) is 1. The van der Waals surface area contributed by atoms with E-state index < -0.39 is 11.7 Å². The molecule has 0 heterocycles. The molecule has 0 bridgehead atoms. The van der Waals surface area contributed by atoms with Gasteiger partial charge in [0.25, 0.3) is 5.91 Å². The van der Waals surface area contributed by atoms with Gasteiger partial charge < -0.3 is 10.0 Å². The number of carbonyl (C=O) groups is 1. The van der Waals surface area contributed by atoms with E-state index in [9.17, 15) is 9.18 Å². The number of amides is 1. The maximum atomic E-state index is 13.3. The maximum absolute atomic E-state index is 13.3. The molecular weight excluding hydrogens is 185 g/mol. The average molecular weight is 201 g/mol. The zero-order chi connectivity index (χ0) is 10.7. The Hall–Kier alpha value is -0.900. The zero-order valence-corrected chi connectivity index (χ0v) is 8.59. The minimum atomic E-state index is -0.689. The molecule has 0 aliphatic heterocycles. The fourth-order valence-corrected chi connectivity index (χ4v) is 1.28. The van der Waals surface area contributed by atoms with Crippen molar-refractivity contribution < 1.29 is 14.3 Å². The quantitative estimate of drug-likeness (QED) is 0.695. The molecule has 0 unspecified atom stereocenters. The van der Waals surface area contributed by atoms with Gasteiger partial charge in [-0.2, -0.15) is 0 Å². The lowest BCUT2D eigenvalue weighted by Gasteiger charge is -2.20. The second-order valence-electron chi connectivity index (χ2n) is 3.77. The molecule has 4 heteroatoms. The Bertz CT molecular complexity index is 255. The first-order chi connectivity index (χ1) is 6.57. The predicted molar refractivity (Wildman–Crippen MR) is 51.3 cm³/mol. The molecule has 1 saturated carbocycles.